The first-order valence-electron chi connectivity index (χ1n) is 5.58. The molecule has 9 heteroatoms. The molecule has 0 saturated carbocycles. The average Bonchev–Trinajstić information content (AvgIpc) is 2.26. The van der Waals surface area contributed by atoms with E-state index in [0.29, 0.717) is 6.07 Å². The van der Waals surface area contributed by atoms with Gasteiger partial charge >= 0.3 is 0 Å². The number of sulfonamides is 1. The maximum atomic E-state index is 13.6. The second kappa shape index (κ2) is 5.43. The zero-order chi connectivity index (χ0) is 15.7. The van der Waals surface area contributed by atoms with Crippen LogP contribution in [0.5, 0.6) is 0 Å². The summed E-state index contributed by atoms with van der Waals surface area (Å²) in [7, 11) is -3.11. The lowest BCUT2D eigenvalue weighted by molar-refractivity contribution is -0.385. The molecule has 1 aromatic rings. The van der Waals surface area contributed by atoms with Crippen molar-refractivity contribution < 1.29 is 22.8 Å². The van der Waals surface area contributed by atoms with Gasteiger partial charge in [0.1, 0.15) is 10.7 Å². The molecule has 0 aliphatic carbocycles. The van der Waals surface area contributed by atoms with Crippen LogP contribution in [0.2, 0.25) is 0 Å². The van der Waals surface area contributed by atoms with Crippen LogP contribution in [-0.2, 0) is 10.0 Å². The molecule has 1 N–H and O–H groups in total. The Bertz CT molecular complexity index is 624. The summed E-state index contributed by atoms with van der Waals surface area (Å²) in [5.41, 5.74) is -1.85. The van der Waals surface area contributed by atoms with Crippen LogP contribution < -0.4 is 0 Å². The average molecular weight is 306 g/mol. The third kappa shape index (κ3) is 3.71. The van der Waals surface area contributed by atoms with Crippen molar-refractivity contribution in [2.75, 3.05) is 13.6 Å². The summed E-state index contributed by atoms with van der Waals surface area (Å²) in [6.07, 6.45) is 0. The molecular weight excluding hydrogens is 291 g/mol. The highest BCUT2D eigenvalue weighted by Gasteiger charge is 2.30. The summed E-state index contributed by atoms with van der Waals surface area (Å²) in [5, 5.41) is 20.2. The van der Waals surface area contributed by atoms with Crippen molar-refractivity contribution in [1.29, 1.82) is 0 Å². The molecule has 0 amide bonds. The van der Waals surface area contributed by atoms with E-state index in [2.05, 4.69) is 0 Å². The van der Waals surface area contributed by atoms with Crippen LogP contribution in [0.25, 0.3) is 0 Å². The molecule has 0 saturated heterocycles. The molecule has 20 heavy (non-hydrogen) atoms. The number of hydrogen-bond acceptors (Lipinski definition) is 5. The predicted molar refractivity (Wildman–Crippen MR) is 69.2 cm³/mol. The Morgan fingerprint density at radius 1 is 1.45 bits per heavy atom. The van der Waals surface area contributed by atoms with E-state index in [0.717, 1.165) is 23.5 Å². The highest BCUT2D eigenvalue weighted by atomic mass is 32.2. The van der Waals surface area contributed by atoms with E-state index in [4.69, 9.17) is 0 Å². The van der Waals surface area contributed by atoms with E-state index in [-0.39, 0.29) is 6.54 Å². The number of non-ortho nitro benzene ring substituents is 1. The minimum absolute atomic E-state index is 0.280. The molecule has 0 spiro atoms. The first-order valence-corrected chi connectivity index (χ1v) is 7.02. The first kappa shape index (κ1) is 16.5. The Morgan fingerprint density at radius 2 is 2.00 bits per heavy atom. The normalized spacial score (nSPS) is 12.7. The van der Waals surface area contributed by atoms with E-state index >= 15 is 0 Å². The number of nitro benzene ring substituents is 1. The van der Waals surface area contributed by atoms with Crippen molar-refractivity contribution in [3.05, 3.63) is 34.1 Å². The predicted octanol–water partition coefficient (Wildman–Crippen LogP) is 1.13. The van der Waals surface area contributed by atoms with Gasteiger partial charge in [-0.25, -0.2) is 12.8 Å². The van der Waals surface area contributed by atoms with Crippen LogP contribution in [0.1, 0.15) is 13.8 Å². The van der Waals surface area contributed by atoms with E-state index in [1.807, 2.05) is 0 Å². The van der Waals surface area contributed by atoms with Crippen molar-refractivity contribution >= 4 is 15.7 Å². The molecule has 1 aromatic carbocycles. The van der Waals surface area contributed by atoms with Crippen LogP contribution in [0, 0.1) is 15.9 Å². The number of halogens is 1. The van der Waals surface area contributed by atoms with Crippen molar-refractivity contribution in [3.63, 3.8) is 0 Å². The zero-order valence-corrected chi connectivity index (χ0v) is 12.0. The van der Waals surface area contributed by atoms with Crippen LogP contribution in [0.4, 0.5) is 10.1 Å². The lowest BCUT2D eigenvalue weighted by Crippen LogP contribution is -2.39. The SMILES string of the molecule is CN(CC(C)(C)O)S(=O)(=O)c1cc([N+](=O)[O-])ccc1F. The molecule has 0 radical (unpaired) electrons. The third-order valence-electron chi connectivity index (χ3n) is 2.42. The molecule has 0 fully saturated rings. The number of hydrogen-bond donors (Lipinski definition) is 1. The van der Waals surface area contributed by atoms with Crippen LogP contribution in [-0.4, -0.2) is 41.9 Å². The fourth-order valence-electron chi connectivity index (χ4n) is 1.60. The summed E-state index contributed by atoms with van der Waals surface area (Å²) in [6, 6.07) is 2.26. The number of rotatable bonds is 5. The van der Waals surface area contributed by atoms with Gasteiger partial charge in [-0.15, -0.1) is 0 Å². The monoisotopic (exact) mass is 306 g/mol. The van der Waals surface area contributed by atoms with Crippen molar-refractivity contribution in [2.45, 2.75) is 24.3 Å². The lowest BCUT2D eigenvalue weighted by Gasteiger charge is -2.25. The highest BCUT2D eigenvalue weighted by molar-refractivity contribution is 7.89. The quantitative estimate of drug-likeness (QED) is 0.649. The number of aliphatic hydroxyl groups is 1. The molecular formula is C11H15FN2O5S. The summed E-state index contributed by atoms with van der Waals surface area (Å²) in [5.74, 6) is -1.09. The molecule has 0 aliphatic rings. The van der Waals surface area contributed by atoms with E-state index in [9.17, 15) is 28.0 Å². The van der Waals surface area contributed by atoms with Gasteiger partial charge in [0.2, 0.25) is 10.0 Å². The van der Waals surface area contributed by atoms with Crippen LogP contribution >= 0.6 is 0 Å². The Kier molecular flexibility index (Phi) is 4.47. The number of benzene rings is 1. The maximum absolute atomic E-state index is 13.6. The van der Waals surface area contributed by atoms with Crippen molar-refractivity contribution in [2.24, 2.45) is 0 Å². The van der Waals surface area contributed by atoms with Gasteiger partial charge in [0.25, 0.3) is 5.69 Å². The van der Waals surface area contributed by atoms with Gasteiger partial charge < -0.3 is 5.11 Å². The molecule has 0 aromatic heterocycles. The fourth-order valence-corrected chi connectivity index (χ4v) is 3.01. The molecule has 0 bridgehead atoms. The highest BCUT2D eigenvalue weighted by Crippen LogP contribution is 2.24. The third-order valence-corrected chi connectivity index (χ3v) is 4.24. The van der Waals surface area contributed by atoms with Gasteiger partial charge in [-0.2, -0.15) is 4.31 Å². The topological polar surface area (TPSA) is 101 Å². The minimum Gasteiger partial charge on any atom is -0.389 e. The number of nitro groups is 1. The van der Waals surface area contributed by atoms with E-state index in [1.165, 1.54) is 13.8 Å². The van der Waals surface area contributed by atoms with E-state index in [1.54, 1.807) is 0 Å². The fraction of sp³-hybridized carbons (Fsp3) is 0.455. The molecule has 112 valence electrons. The largest absolute Gasteiger partial charge is 0.389 e. The first-order chi connectivity index (χ1) is 8.95. The van der Waals surface area contributed by atoms with Gasteiger partial charge in [-0.1, -0.05) is 0 Å². The van der Waals surface area contributed by atoms with Gasteiger partial charge in [-0.05, 0) is 19.9 Å². The number of likely N-dealkylation sites (N-methyl/N-ethyl adjacent to an activating group) is 1. The summed E-state index contributed by atoms with van der Waals surface area (Å²) >= 11 is 0. The van der Waals surface area contributed by atoms with Crippen LogP contribution in [0.3, 0.4) is 0 Å². The van der Waals surface area contributed by atoms with E-state index < -0.39 is 36.9 Å². The van der Waals surface area contributed by atoms with Gasteiger partial charge in [0, 0.05) is 25.7 Å². The molecule has 7 nitrogen and oxygen atoms in total. The number of nitrogens with zero attached hydrogens (tertiary/aromatic N) is 2. The molecule has 0 heterocycles. The van der Waals surface area contributed by atoms with Crippen molar-refractivity contribution in [3.8, 4) is 0 Å². The Morgan fingerprint density at radius 3 is 2.45 bits per heavy atom. The molecule has 0 unspecified atom stereocenters. The summed E-state index contributed by atoms with van der Waals surface area (Å²) in [6.45, 7) is 2.50. The zero-order valence-electron chi connectivity index (χ0n) is 11.2. The summed E-state index contributed by atoms with van der Waals surface area (Å²) < 4.78 is 38.7. The maximum Gasteiger partial charge on any atom is 0.270 e. The second-order valence-corrected chi connectivity index (χ2v) is 6.96. The van der Waals surface area contributed by atoms with Gasteiger partial charge in [-0.3, -0.25) is 10.1 Å². The molecule has 0 atom stereocenters. The Balaban J connectivity index is 3.28. The smallest absolute Gasteiger partial charge is 0.270 e. The summed E-state index contributed by atoms with van der Waals surface area (Å²) in [4.78, 5) is 9.02. The molecule has 0 aliphatic heterocycles. The van der Waals surface area contributed by atoms with Crippen LogP contribution in [0.15, 0.2) is 23.1 Å². The standard InChI is InChI=1S/C11H15FN2O5S/c1-11(2,15)7-13(3)20(18,19)10-6-8(14(16)17)4-5-9(10)12/h4-6,15H,7H2,1-3H3. The van der Waals surface area contributed by atoms with Crippen molar-refractivity contribution in [1.82, 2.24) is 4.31 Å². The van der Waals surface area contributed by atoms with Gasteiger partial charge in [0.05, 0.1) is 10.5 Å². The molecule has 1 rings (SSSR count). The Hall–Kier alpha value is -1.58. The second-order valence-electron chi connectivity index (χ2n) is 4.95. The lowest BCUT2D eigenvalue weighted by atomic mass is 10.1. The van der Waals surface area contributed by atoms with Gasteiger partial charge in [0.15, 0.2) is 0 Å². The minimum atomic E-state index is -4.26. The Labute approximate surface area is 115 Å².